The number of aryl methyl sites for hydroxylation is 2. The third-order valence-electron chi connectivity index (χ3n) is 5.49. The number of benzene rings is 2. The first-order chi connectivity index (χ1) is 14.9. The van der Waals surface area contributed by atoms with Crippen molar-refractivity contribution in [1.82, 2.24) is 4.90 Å². The molecule has 2 aromatic carbocycles. The number of morpholine rings is 1. The van der Waals surface area contributed by atoms with E-state index in [2.05, 4.69) is 5.32 Å². The standard InChI is InChI=1S/C23H26ClN3O4/c1-15-11-16(2)22(17(24)12-15)25-21(28)14-27-13-20(23(29)26-7-9-30-10-8-26)31-19-6-4-3-5-18(19)27/h3-6,11-12,20H,7-10,13-14H2,1-2H3,(H,25,28)/t20-/m1/s1. The lowest BCUT2D eigenvalue weighted by atomic mass is 10.1. The average molecular weight is 444 g/mol. The lowest BCUT2D eigenvalue weighted by molar-refractivity contribution is -0.142. The van der Waals surface area contributed by atoms with Crippen molar-refractivity contribution in [3.63, 3.8) is 0 Å². The molecular formula is C23H26ClN3O4. The van der Waals surface area contributed by atoms with Crippen molar-refractivity contribution < 1.29 is 19.1 Å². The summed E-state index contributed by atoms with van der Waals surface area (Å²) >= 11 is 6.34. The number of carbonyl (C=O) groups excluding carboxylic acids is 2. The Labute approximate surface area is 186 Å². The fourth-order valence-corrected chi connectivity index (χ4v) is 4.37. The van der Waals surface area contributed by atoms with E-state index in [-0.39, 0.29) is 18.4 Å². The molecule has 0 aliphatic carbocycles. The first kappa shape index (κ1) is 21.5. The summed E-state index contributed by atoms with van der Waals surface area (Å²) in [5, 5.41) is 3.43. The van der Waals surface area contributed by atoms with Crippen LogP contribution in [0.15, 0.2) is 36.4 Å². The number of anilines is 2. The van der Waals surface area contributed by atoms with E-state index in [9.17, 15) is 9.59 Å². The molecule has 1 saturated heterocycles. The van der Waals surface area contributed by atoms with E-state index in [4.69, 9.17) is 21.1 Å². The molecule has 164 valence electrons. The summed E-state index contributed by atoms with van der Waals surface area (Å²) in [6.07, 6.45) is -0.675. The highest BCUT2D eigenvalue weighted by Gasteiger charge is 2.34. The van der Waals surface area contributed by atoms with Crippen LogP contribution >= 0.6 is 11.6 Å². The molecule has 0 unspecified atom stereocenters. The van der Waals surface area contributed by atoms with Crippen LogP contribution in [0, 0.1) is 13.8 Å². The number of halogens is 1. The van der Waals surface area contributed by atoms with Gasteiger partial charge < -0.3 is 24.6 Å². The van der Waals surface area contributed by atoms with Gasteiger partial charge in [-0.15, -0.1) is 0 Å². The van der Waals surface area contributed by atoms with Gasteiger partial charge in [-0.2, -0.15) is 0 Å². The molecule has 0 bridgehead atoms. The third-order valence-corrected chi connectivity index (χ3v) is 5.79. The van der Waals surface area contributed by atoms with Crippen molar-refractivity contribution in [2.24, 2.45) is 0 Å². The Bertz CT molecular complexity index is 968. The van der Waals surface area contributed by atoms with Crippen LogP contribution in [-0.4, -0.2) is 62.2 Å². The van der Waals surface area contributed by atoms with Crippen LogP contribution in [0.25, 0.3) is 0 Å². The first-order valence-corrected chi connectivity index (χ1v) is 10.7. The third kappa shape index (κ3) is 4.78. The Morgan fingerprint density at radius 1 is 1.16 bits per heavy atom. The number of amides is 2. The molecule has 2 amide bonds. The van der Waals surface area contributed by atoms with Gasteiger partial charge in [0.2, 0.25) is 5.91 Å². The lowest BCUT2D eigenvalue weighted by Crippen LogP contribution is -2.53. The average Bonchev–Trinajstić information content (AvgIpc) is 2.76. The highest BCUT2D eigenvalue weighted by Crippen LogP contribution is 2.34. The Kier molecular flexibility index (Phi) is 6.34. The van der Waals surface area contributed by atoms with Crippen LogP contribution in [0.3, 0.4) is 0 Å². The van der Waals surface area contributed by atoms with Gasteiger partial charge in [0.05, 0.1) is 42.7 Å². The van der Waals surface area contributed by atoms with E-state index in [1.807, 2.05) is 55.1 Å². The molecule has 2 aromatic rings. The number of nitrogens with one attached hydrogen (secondary N) is 1. The molecule has 1 atom stereocenters. The normalized spacial score (nSPS) is 18.2. The van der Waals surface area contributed by atoms with Crippen molar-refractivity contribution in [3.8, 4) is 5.75 Å². The molecule has 0 radical (unpaired) electrons. The van der Waals surface area contributed by atoms with Gasteiger partial charge in [-0.3, -0.25) is 9.59 Å². The predicted octanol–water partition coefficient (Wildman–Crippen LogP) is 3.02. The molecule has 31 heavy (non-hydrogen) atoms. The molecule has 0 spiro atoms. The molecule has 2 aliphatic rings. The van der Waals surface area contributed by atoms with Gasteiger partial charge in [-0.25, -0.2) is 0 Å². The molecule has 1 fully saturated rings. The molecule has 4 rings (SSSR count). The quantitative estimate of drug-likeness (QED) is 0.786. The zero-order chi connectivity index (χ0) is 22.0. The molecular weight excluding hydrogens is 418 g/mol. The number of nitrogens with zero attached hydrogens (tertiary/aromatic N) is 2. The van der Waals surface area contributed by atoms with Crippen LogP contribution in [0.4, 0.5) is 11.4 Å². The molecule has 7 nitrogen and oxygen atoms in total. The molecule has 2 aliphatic heterocycles. The zero-order valence-corrected chi connectivity index (χ0v) is 18.4. The van der Waals surface area contributed by atoms with E-state index < -0.39 is 6.10 Å². The maximum absolute atomic E-state index is 13.0. The fraction of sp³-hybridized carbons (Fsp3) is 0.391. The molecule has 0 saturated carbocycles. The summed E-state index contributed by atoms with van der Waals surface area (Å²) in [7, 11) is 0. The van der Waals surface area contributed by atoms with Crippen LogP contribution in [0.2, 0.25) is 5.02 Å². The van der Waals surface area contributed by atoms with Gasteiger partial charge in [0.1, 0.15) is 5.75 Å². The number of fused-ring (bicyclic) bond motifs is 1. The maximum Gasteiger partial charge on any atom is 0.265 e. The summed E-state index contributed by atoms with van der Waals surface area (Å²) in [5.74, 6) is 0.307. The summed E-state index contributed by atoms with van der Waals surface area (Å²) in [6, 6.07) is 11.3. The summed E-state index contributed by atoms with van der Waals surface area (Å²) in [5.41, 5.74) is 3.34. The van der Waals surface area contributed by atoms with Crippen molar-refractivity contribution in [1.29, 1.82) is 0 Å². The van der Waals surface area contributed by atoms with Crippen molar-refractivity contribution in [2.45, 2.75) is 20.0 Å². The minimum atomic E-state index is -0.675. The van der Waals surface area contributed by atoms with Gasteiger partial charge >= 0.3 is 0 Å². The van der Waals surface area contributed by atoms with Crippen LogP contribution < -0.4 is 15.0 Å². The lowest BCUT2D eigenvalue weighted by Gasteiger charge is -2.38. The maximum atomic E-state index is 13.0. The second-order valence-electron chi connectivity index (χ2n) is 7.88. The van der Waals surface area contributed by atoms with E-state index >= 15 is 0 Å². The smallest absolute Gasteiger partial charge is 0.265 e. The van der Waals surface area contributed by atoms with E-state index in [1.165, 1.54) is 0 Å². The summed E-state index contributed by atoms with van der Waals surface area (Å²) < 4.78 is 11.3. The van der Waals surface area contributed by atoms with Crippen molar-refractivity contribution in [3.05, 3.63) is 52.5 Å². The predicted molar refractivity (Wildman–Crippen MR) is 120 cm³/mol. The van der Waals surface area contributed by atoms with Crippen molar-refractivity contribution in [2.75, 3.05) is 49.6 Å². The minimum absolute atomic E-state index is 0.0803. The topological polar surface area (TPSA) is 71.1 Å². The number of rotatable bonds is 4. The summed E-state index contributed by atoms with van der Waals surface area (Å²) in [4.78, 5) is 29.5. The Morgan fingerprint density at radius 3 is 2.65 bits per heavy atom. The molecule has 0 aromatic heterocycles. The second kappa shape index (κ2) is 9.16. The molecule has 2 heterocycles. The molecule has 8 heteroatoms. The fourth-order valence-electron chi connectivity index (χ4n) is 4.00. The highest BCUT2D eigenvalue weighted by atomic mass is 35.5. The Morgan fingerprint density at radius 2 is 1.90 bits per heavy atom. The van der Waals surface area contributed by atoms with Crippen molar-refractivity contribution >= 4 is 34.8 Å². The summed E-state index contributed by atoms with van der Waals surface area (Å²) in [6.45, 7) is 6.39. The van der Waals surface area contributed by atoms with Gasteiger partial charge in [0.15, 0.2) is 6.10 Å². The number of carbonyl (C=O) groups is 2. The zero-order valence-electron chi connectivity index (χ0n) is 17.7. The van der Waals surface area contributed by atoms with Crippen LogP contribution in [0.5, 0.6) is 5.75 Å². The Balaban J connectivity index is 1.51. The van der Waals surface area contributed by atoms with Gasteiger partial charge in [-0.05, 0) is 43.2 Å². The second-order valence-corrected chi connectivity index (χ2v) is 8.29. The van der Waals surface area contributed by atoms with Crippen LogP contribution in [-0.2, 0) is 14.3 Å². The van der Waals surface area contributed by atoms with E-state index in [0.717, 1.165) is 16.8 Å². The first-order valence-electron chi connectivity index (χ1n) is 10.4. The SMILES string of the molecule is Cc1cc(C)c(NC(=O)CN2C[C@H](C(=O)N3CCOCC3)Oc3ccccc32)c(Cl)c1. The van der Waals surface area contributed by atoms with Gasteiger partial charge in [-0.1, -0.05) is 29.8 Å². The van der Waals surface area contributed by atoms with Crippen LogP contribution in [0.1, 0.15) is 11.1 Å². The number of hydrogen-bond acceptors (Lipinski definition) is 5. The highest BCUT2D eigenvalue weighted by molar-refractivity contribution is 6.34. The van der Waals surface area contributed by atoms with E-state index in [0.29, 0.717) is 49.3 Å². The largest absolute Gasteiger partial charge is 0.477 e. The number of hydrogen-bond donors (Lipinski definition) is 1. The Hall–Kier alpha value is -2.77. The van der Waals surface area contributed by atoms with Gasteiger partial charge in [0.25, 0.3) is 5.91 Å². The molecule has 1 N–H and O–H groups in total. The number of para-hydroxylation sites is 2. The monoisotopic (exact) mass is 443 g/mol. The van der Waals surface area contributed by atoms with Gasteiger partial charge in [0, 0.05) is 13.1 Å². The number of ether oxygens (including phenoxy) is 2. The van der Waals surface area contributed by atoms with E-state index in [1.54, 1.807) is 4.90 Å². The minimum Gasteiger partial charge on any atom is -0.477 e.